The molecule has 26 heavy (non-hydrogen) atoms. The van der Waals surface area contributed by atoms with E-state index < -0.39 is 0 Å². The van der Waals surface area contributed by atoms with E-state index >= 15 is 0 Å². The van der Waals surface area contributed by atoms with Gasteiger partial charge in [-0.15, -0.1) is 0 Å². The number of pyridine rings is 1. The molecular weight excluding hydrogens is 320 g/mol. The van der Waals surface area contributed by atoms with Crippen LogP contribution in [0.2, 0.25) is 0 Å². The van der Waals surface area contributed by atoms with Gasteiger partial charge < -0.3 is 5.32 Å². The van der Waals surface area contributed by atoms with Crippen molar-refractivity contribution >= 4 is 28.6 Å². The number of aromatic nitrogens is 1. The van der Waals surface area contributed by atoms with Gasteiger partial charge in [-0.1, -0.05) is 63.2 Å². The van der Waals surface area contributed by atoms with E-state index in [4.69, 9.17) is 0 Å². The van der Waals surface area contributed by atoms with Crippen LogP contribution in [0.4, 0.5) is 5.69 Å². The first-order valence-electron chi connectivity index (χ1n) is 8.79. The lowest BCUT2D eigenvalue weighted by molar-refractivity contribution is -0.111. The van der Waals surface area contributed by atoms with Crippen molar-refractivity contribution in [2.45, 2.75) is 33.1 Å². The van der Waals surface area contributed by atoms with Crippen molar-refractivity contribution in [1.29, 1.82) is 0 Å². The summed E-state index contributed by atoms with van der Waals surface area (Å²) in [5.41, 5.74) is 4.94. The third-order valence-electron chi connectivity index (χ3n) is 4.31. The van der Waals surface area contributed by atoms with Gasteiger partial charge in [0.25, 0.3) is 0 Å². The number of anilines is 1. The number of hydrogen-bond acceptors (Lipinski definition) is 2. The van der Waals surface area contributed by atoms with Gasteiger partial charge in [-0.2, -0.15) is 0 Å². The van der Waals surface area contributed by atoms with E-state index in [9.17, 15) is 4.79 Å². The predicted molar refractivity (Wildman–Crippen MR) is 109 cm³/mol. The highest BCUT2D eigenvalue weighted by Crippen LogP contribution is 2.24. The molecule has 1 heterocycles. The second kappa shape index (κ2) is 7.12. The molecule has 0 spiro atoms. The summed E-state index contributed by atoms with van der Waals surface area (Å²) in [6, 6.07) is 18.0. The van der Waals surface area contributed by atoms with Crippen molar-refractivity contribution in [3.05, 3.63) is 77.5 Å². The molecule has 0 saturated carbocycles. The first-order chi connectivity index (χ1) is 12.3. The van der Waals surface area contributed by atoms with Gasteiger partial charge in [-0.25, -0.2) is 0 Å². The number of aryl methyl sites for hydroxylation is 1. The number of nitrogens with one attached hydrogen (secondary N) is 1. The van der Waals surface area contributed by atoms with E-state index in [1.54, 1.807) is 6.08 Å². The fourth-order valence-corrected chi connectivity index (χ4v) is 2.85. The minimum absolute atomic E-state index is 0.125. The van der Waals surface area contributed by atoms with E-state index in [0.717, 1.165) is 27.8 Å². The molecule has 1 N–H and O–H groups in total. The zero-order valence-corrected chi connectivity index (χ0v) is 15.7. The Hall–Kier alpha value is -2.94. The Labute approximate surface area is 154 Å². The van der Waals surface area contributed by atoms with Crippen LogP contribution in [0.5, 0.6) is 0 Å². The molecule has 0 atom stereocenters. The van der Waals surface area contributed by atoms with E-state index in [0.29, 0.717) is 0 Å². The summed E-state index contributed by atoms with van der Waals surface area (Å²) in [6.07, 6.45) is 3.40. The molecule has 0 bridgehead atoms. The van der Waals surface area contributed by atoms with Crippen LogP contribution in [0.1, 0.15) is 37.6 Å². The lowest BCUT2D eigenvalue weighted by atomic mass is 9.87. The molecule has 3 heteroatoms. The molecule has 0 aliphatic carbocycles. The van der Waals surface area contributed by atoms with Gasteiger partial charge in [0.05, 0.1) is 11.2 Å². The highest BCUT2D eigenvalue weighted by atomic mass is 16.1. The number of carbonyl (C=O) groups is 1. The van der Waals surface area contributed by atoms with Gasteiger partial charge in [0.1, 0.15) is 0 Å². The minimum Gasteiger partial charge on any atom is -0.322 e. The maximum Gasteiger partial charge on any atom is 0.248 e. The molecule has 0 radical (unpaired) electrons. The summed E-state index contributed by atoms with van der Waals surface area (Å²) in [7, 11) is 0. The lowest BCUT2D eigenvalue weighted by Crippen LogP contribution is -2.10. The zero-order valence-electron chi connectivity index (χ0n) is 15.7. The maximum absolute atomic E-state index is 12.3. The van der Waals surface area contributed by atoms with Crippen molar-refractivity contribution in [1.82, 2.24) is 4.98 Å². The molecular formula is C23H24N2O. The van der Waals surface area contributed by atoms with E-state index in [2.05, 4.69) is 43.2 Å². The predicted octanol–water partition coefficient (Wildman–Crippen LogP) is 5.49. The normalized spacial score (nSPS) is 11.8. The number of fused-ring (bicyclic) bond motifs is 1. The average Bonchev–Trinajstić information content (AvgIpc) is 2.59. The highest BCUT2D eigenvalue weighted by molar-refractivity contribution is 6.07. The SMILES string of the molecule is Cc1cc(NC(=O)/C=C/c2ccc(C(C)(C)C)cc2)c2ccccc2n1. The van der Waals surface area contributed by atoms with E-state index in [1.807, 2.05) is 55.5 Å². The van der Waals surface area contributed by atoms with Crippen LogP contribution in [0.15, 0.2) is 60.7 Å². The molecule has 0 saturated heterocycles. The topological polar surface area (TPSA) is 42.0 Å². The third-order valence-corrected chi connectivity index (χ3v) is 4.31. The van der Waals surface area contributed by atoms with Crippen molar-refractivity contribution in [3.63, 3.8) is 0 Å². The third kappa shape index (κ3) is 4.17. The van der Waals surface area contributed by atoms with Crippen LogP contribution in [0.3, 0.4) is 0 Å². The van der Waals surface area contributed by atoms with Gasteiger partial charge in [-0.3, -0.25) is 9.78 Å². The number of rotatable bonds is 3. The fraction of sp³-hybridized carbons (Fsp3) is 0.217. The zero-order chi connectivity index (χ0) is 18.7. The molecule has 3 rings (SSSR count). The van der Waals surface area contributed by atoms with Crippen LogP contribution < -0.4 is 5.32 Å². The van der Waals surface area contributed by atoms with Crippen LogP contribution in [-0.4, -0.2) is 10.9 Å². The van der Waals surface area contributed by atoms with Crippen LogP contribution in [-0.2, 0) is 10.2 Å². The van der Waals surface area contributed by atoms with Crippen molar-refractivity contribution < 1.29 is 4.79 Å². The van der Waals surface area contributed by atoms with Gasteiger partial charge >= 0.3 is 0 Å². The number of para-hydroxylation sites is 1. The first kappa shape index (κ1) is 17.9. The van der Waals surface area contributed by atoms with Gasteiger partial charge in [0.15, 0.2) is 0 Å². The standard InChI is InChI=1S/C23H24N2O/c1-16-15-21(19-7-5-6-8-20(19)24-16)25-22(26)14-11-17-9-12-18(13-10-17)23(2,3)4/h5-15H,1-4H3,(H,24,25,26)/b14-11+. The van der Waals surface area contributed by atoms with Gasteiger partial charge in [0, 0.05) is 17.2 Å². The summed E-state index contributed by atoms with van der Waals surface area (Å²) in [5.74, 6) is -0.152. The Morgan fingerprint density at radius 1 is 1.04 bits per heavy atom. The molecule has 3 nitrogen and oxygen atoms in total. The molecule has 3 aromatic rings. The van der Waals surface area contributed by atoms with Crippen LogP contribution in [0, 0.1) is 6.92 Å². The molecule has 0 aliphatic rings. The van der Waals surface area contributed by atoms with E-state index in [1.165, 1.54) is 5.56 Å². The number of hydrogen-bond donors (Lipinski definition) is 1. The summed E-state index contributed by atoms with van der Waals surface area (Å²) in [6.45, 7) is 8.49. The second-order valence-electron chi connectivity index (χ2n) is 7.52. The summed E-state index contributed by atoms with van der Waals surface area (Å²) in [4.78, 5) is 16.8. The smallest absolute Gasteiger partial charge is 0.248 e. The number of amides is 1. The highest BCUT2D eigenvalue weighted by Gasteiger charge is 2.12. The molecule has 1 amide bonds. The number of carbonyl (C=O) groups excluding carboxylic acids is 1. The molecule has 0 unspecified atom stereocenters. The summed E-state index contributed by atoms with van der Waals surface area (Å²) < 4.78 is 0. The average molecular weight is 344 g/mol. The Morgan fingerprint density at radius 2 is 1.73 bits per heavy atom. The molecule has 2 aromatic carbocycles. The van der Waals surface area contributed by atoms with Gasteiger partial charge in [0.2, 0.25) is 5.91 Å². The summed E-state index contributed by atoms with van der Waals surface area (Å²) >= 11 is 0. The number of nitrogens with zero attached hydrogens (tertiary/aromatic N) is 1. The maximum atomic E-state index is 12.3. The van der Waals surface area contributed by atoms with Crippen molar-refractivity contribution in [2.24, 2.45) is 0 Å². The van der Waals surface area contributed by atoms with Crippen molar-refractivity contribution in [2.75, 3.05) is 5.32 Å². The Kier molecular flexibility index (Phi) is 4.90. The Bertz CT molecular complexity index is 964. The van der Waals surface area contributed by atoms with Crippen LogP contribution in [0.25, 0.3) is 17.0 Å². The molecule has 0 fully saturated rings. The van der Waals surface area contributed by atoms with Crippen LogP contribution >= 0.6 is 0 Å². The lowest BCUT2D eigenvalue weighted by Gasteiger charge is -2.18. The largest absolute Gasteiger partial charge is 0.322 e. The van der Waals surface area contributed by atoms with E-state index in [-0.39, 0.29) is 11.3 Å². The second-order valence-corrected chi connectivity index (χ2v) is 7.52. The fourth-order valence-electron chi connectivity index (χ4n) is 2.85. The van der Waals surface area contributed by atoms with Crippen molar-refractivity contribution in [3.8, 4) is 0 Å². The number of benzene rings is 2. The summed E-state index contributed by atoms with van der Waals surface area (Å²) in [5, 5.41) is 3.91. The Morgan fingerprint density at radius 3 is 2.42 bits per heavy atom. The van der Waals surface area contributed by atoms with Gasteiger partial charge in [-0.05, 0) is 41.7 Å². The molecule has 0 aliphatic heterocycles. The quantitative estimate of drug-likeness (QED) is 0.638. The first-order valence-corrected chi connectivity index (χ1v) is 8.79. The molecule has 132 valence electrons. The minimum atomic E-state index is -0.152. The Balaban J connectivity index is 1.76. The monoisotopic (exact) mass is 344 g/mol. The molecule has 1 aromatic heterocycles.